The molecule has 0 bridgehead atoms. The Bertz CT molecular complexity index is 529. The summed E-state index contributed by atoms with van der Waals surface area (Å²) in [4.78, 5) is 27.8. The van der Waals surface area contributed by atoms with Gasteiger partial charge in [-0.1, -0.05) is 6.92 Å². The zero-order chi connectivity index (χ0) is 14.9. The maximum Gasteiger partial charge on any atom is 0.329 e. The predicted molar refractivity (Wildman–Crippen MR) is 66.5 cm³/mol. The second-order valence-corrected chi connectivity index (χ2v) is 4.75. The summed E-state index contributed by atoms with van der Waals surface area (Å²) in [5.74, 6) is -2.76. The van der Waals surface area contributed by atoms with Crippen molar-refractivity contribution in [3.63, 3.8) is 0 Å². The zero-order valence-corrected chi connectivity index (χ0v) is 11.3. The molecule has 0 saturated carbocycles. The Hall–Kier alpha value is -1.98. The van der Waals surface area contributed by atoms with Crippen LogP contribution in [0.2, 0.25) is 0 Å². The Labute approximate surface area is 115 Å². The smallest absolute Gasteiger partial charge is 0.329 e. The van der Waals surface area contributed by atoms with Gasteiger partial charge in [-0.25, -0.2) is 8.78 Å². The van der Waals surface area contributed by atoms with Crippen LogP contribution >= 0.6 is 0 Å². The van der Waals surface area contributed by atoms with E-state index in [1.165, 1.54) is 6.92 Å². The summed E-state index contributed by atoms with van der Waals surface area (Å²) < 4.78 is 26.4. The lowest BCUT2D eigenvalue weighted by molar-refractivity contribution is -0.205. The number of nitrogens with zero attached hydrogens (tertiary/aromatic N) is 1. The molecule has 1 aromatic rings. The van der Waals surface area contributed by atoms with Gasteiger partial charge >= 0.3 is 5.97 Å². The fourth-order valence-electron chi connectivity index (χ4n) is 2.38. The molecule has 108 valence electrons. The third-order valence-electron chi connectivity index (χ3n) is 3.26. The molecule has 0 heterocycles. The van der Waals surface area contributed by atoms with Crippen LogP contribution < -0.4 is 0 Å². The number of carbonyl (C=O) groups is 2. The second-order valence-electron chi connectivity index (χ2n) is 4.75. The molecule has 6 heteroatoms. The maximum atomic E-state index is 13.2. The van der Waals surface area contributed by atoms with Crippen LogP contribution in [0.15, 0.2) is 12.1 Å². The van der Waals surface area contributed by atoms with Crippen molar-refractivity contribution in [1.29, 1.82) is 0 Å². The fourth-order valence-corrected chi connectivity index (χ4v) is 2.38. The third kappa shape index (κ3) is 2.79. The minimum atomic E-state index is -0.912. The zero-order valence-electron chi connectivity index (χ0n) is 11.3. The number of fused-ring (bicyclic) bond motifs is 1. The molecule has 1 amide bonds. The average molecular weight is 283 g/mol. The Kier molecular flexibility index (Phi) is 4.01. The van der Waals surface area contributed by atoms with Crippen molar-refractivity contribution in [2.75, 3.05) is 0 Å². The first-order chi connectivity index (χ1) is 9.42. The number of benzene rings is 1. The van der Waals surface area contributed by atoms with E-state index in [4.69, 9.17) is 4.84 Å². The molecule has 0 radical (unpaired) electrons. The molecule has 0 atom stereocenters. The SMILES string of the molecule is CCC(=O)N(OC(C)=O)C1Cc2cc(F)c(F)cc2C1. The minimum absolute atomic E-state index is 0.183. The highest BCUT2D eigenvalue weighted by Gasteiger charge is 2.32. The van der Waals surface area contributed by atoms with E-state index < -0.39 is 23.6 Å². The molecule has 1 aliphatic rings. The maximum absolute atomic E-state index is 13.2. The first-order valence-corrected chi connectivity index (χ1v) is 6.39. The number of hydroxylamine groups is 2. The topological polar surface area (TPSA) is 46.6 Å². The van der Waals surface area contributed by atoms with Gasteiger partial charge in [-0.3, -0.25) is 9.59 Å². The number of hydrogen-bond acceptors (Lipinski definition) is 3. The Morgan fingerprint density at radius 2 is 1.75 bits per heavy atom. The van der Waals surface area contributed by atoms with Crippen LogP contribution in [-0.4, -0.2) is 23.0 Å². The van der Waals surface area contributed by atoms with Gasteiger partial charge in [-0.05, 0) is 36.1 Å². The van der Waals surface area contributed by atoms with Gasteiger partial charge in [0.15, 0.2) is 11.6 Å². The number of hydrogen-bond donors (Lipinski definition) is 0. The van der Waals surface area contributed by atoms with Crippen molar-refractivity contribution in [3.05, 3.63) is 34.9 Å². The van der Waals surface area contributed by atoms with E-state index in [2.05, 4.69) is 0 Å². The van der Waals surface area contributed by atoms with Gasteiger partial charge in [0.25, 0.3) is 5.91 Å². The first-order valence-electron chi connectivity index (χ1n) is 6.39. The third-order valence-corrected chi connectivity index (χ3v) is 3.26. The number of carbonyl (C=O) groups excluding carboxylic acids is 2. The lowest BCUT2D eigenvalue weighted by Crippen LogP contribution is -2.41. The minimum Gasteiger partial charge on any atom is -0.338 e. The van der Waals surface area contributed by atoms with Crippen LogP contribution in [0.3, 0.4) is 0 Å². The molecule has 1 aromatic carbocycles. The standard InChI is InChI=1S/C14H15F2NO3/c1-3-14(19)17(20-8(2)18)11-4-9-6-12(15)13(16)7-10(9)5-11/h6-7,11H,3-5H2,1-2H3. The summed E-state index contributed by atoms with van der Waals surface area (Å²) in [5.41, 5.74) is 1.27. The van der Waals surface area contributed by atoms with Crippen molar-refractivity contribution in [3.8, 4) is 0 Å². The van der Waals surface area contributed by atoms with Gasteiger partial charge in [0.1, 0.15) is 0 Å². The first kappa shape index (κ1) is 14.4. The van der Waals surface area contributed by atoms with Gasteiger partial charge in [0, 0.05) is 13.3 Å². The van der Waals surface area contributed by atoms with Crippen molar-refractivity contribution in [2.45, 2.75) is 39.2 Å². The molecule has 0 aromatic heterocycles. The van der Waals surface area contributed by atoms with E-state index in [0.29, 0.717) is 24.0 Å². The highest BCUT2D eigenvalue weighted by atomic mass is 19.2. The van der Waals surface area contributed by atoms with E-state index in [1.54, 1.807) is 6.92 Å². The molecule has 0 fully saturated rings. The van der Waals surface area contributed by atoms with Gasteiger partial charge in [0.2, 0.25) is 0 Å². The van der Waals surface area contributed by atoms with E-state index in [-0.39, 0.29) is 12.3 Å². The molecule has 4 nitrogen and oxygen atoms in total. The van der Waals surface area contributed by atoms with Crippen molar-refractivity contribution >= 4 is 11.9 Å². The van der Waals surface area contributed by atoms with Crippen molar-refractivity contribution < 1.29 is 23.2 Å². The molecule has 1 aliphatic carbocycles. The number of halogens is 2. The monoisotopic (exact) mass is 283 g/mol. The van der Waals surface area contributed by atoms with Crippen LogP contribution in [0, 0.1) is 11.6 Å². The average Bonchev–Trinajstić information content (AvgIpc) is 2.78. The largest absolute Gasteiger partial charge is 0.338 e. The summed E-state index contributed by atoms with van der Waals surface area (Å²) in [7, 11) is 0. The molecule has 20 heavy (non-hydrogen) atoms. The molecule has 0 aliphatic heterocycles. The molecule has 0 unspecified atom stereocenters. The summed E-state index contributed by atoms with van der Waals surface area (Å²) in [6.45, 7) is 2.86. The summed E-state index contributed by atoms with van der Waals surface area (Å²) in [6, 6.07) is 1.85. The van der Waals surface area contributed by atoms with E-state index in [1.807, 2.05) is 0 Å². The molecular weight excluding hydrogens is 268 g/mol. The molecule has 0 N–H and O–H groups in total. The summed E-state index contributed by atoms with van der Waals surface area (Å²) >= 11 is 0. The van der Waals surface area contributed by atoms with Gasteiger partial charge in [0.05, 0.1) is 6.04 Å². The number of rotatable bonds is 2. The number of amides is 1. The van der Waals surface area contributed by atoms with Gasteiger partial charge < -0.3 is 4.84 Å². The lowest BCUT2D eigenvalue weighted by Gasteiger charge is -2.26. The normalized spacial score (nSPS) is 14.0. The van der Waals surface area contributed by atoms with Crippen LogP contribution in [0.25, 0.3) is 0 Å². The lowest BCUT2D eigenvalue weighted by atomic mass is 10.1. The van der Waals surface area contributed by atoms with E-state index >= 15 is 0 Å². The highest BCUT2D eigenvalue weighted by molar-refractivity contribution is 5.77. The Balaban J connectivity index is 2.22. The summed E-state index contributed by atoms with van der Waals surface area (Å²) in [5, 5.41) is 1.03. The fraction of sp³-hybridized carbons (Fsp3) is 0.429. The van der Waals surface area contributed by atoms with E-state index in [0.717, 1.165) is 17.2 Å². The molecule has 0 saturated heterocycles. The molecular formula is C14H15F2NO3. The summed E-state index contributed by atoms with van der Waals surface area (Å²) in [6.07, 6.45) is 0.861. The Morgan fingerprint density at radius 3 is 2.15 bits per heavy atom. The highest BCUT2D eigenvalue weighted by Crippen LogP contribution is 2.28. The van der Waals surface area contributed by atoms with Crippen LogP contribution in [0.4, 0.5) is 8.78 Å². The van der Waals surface area contributed by atoms with Crippen molar-refractivity contribution in [1.82, 2.24) is 5.06 Å². The quantitative estimate of drug-likeness (QED) is 0.781. The van der Waals surface area contributed by atoms with Gasteiger partial charge in [-0.15, -0.1) is 0 Å². The predicted octanol–water partition coefficient (Wildman–Crippen LogP) is 2.15. The second kappa shape index (κ2) is 5.56. The van der Waals surface area contributed by atoms with E-state index in [9.17, 15) is 18.4 Å². The molecule has 0 spiro atoms. The Morgan fingerprint density at radius 1 is 1.25 bits per heavy atom. The van der Waals surface area contributed by atoms with Crippen molar-refractivity contribution in [2.24, 2.45) is 0 Å². The van der Waals surface area contributed by atoms with Crippen LogP contribution in [0.1, 0.15) is 31.4 Å². The van der Waals surface area contributed by atoms with Crippen LogP contribution in [-0.2, 0) is 27.3 Å². The van der Waals surface area contributed by atoms with Gasteiger partial charge in [-0.2, -0.15) is 5.06 Å². The van der Waals surface area contributed by atoms with Crippen LogP contribution in [0.5, 0.6) is 0 Å². The molecule has 2 rings (SSSR count).